The van der Waals surface area contributed by atoms with Crippen molar-refractivity contribution >= 4 is 5.91 Å². The van der Waals surface area contributed by atoms with Gasteiger partial charge in [0.15, 0.2) is 6.61 Å². The van der Waals surface area contributed by atoms with Crippen LogP contribution in [-0.2, 0) is 4.79 Å². The van der Waals surface area contributed by atoms with Gasteiger partial charge in [0.2, 0.25) is 11.8 Å². The van der Waals surface area contributed by atoms with Gasteiger partial charge in [-0.25, -0.2) is 9.18 Å². The summed E-state index contributed by atoms with van der Waals surface area (Å²) in [4.78, 5) is 30.7. The number of hydrogen-bond acceptors (Lipinski definition) is 5. The van der Waals surface area contributed by atoms with Gasteiger partial charge in [0.05, 0.1) is 6.07 Å². The van der Waals surface area contributed by atoms with Crippen molar-refractivity contribution in [2.75, 3.05) is 6.61 Å². The molecule has 1 heterocycles. The van der Waals surface area contributed by atoms with Gasteiger partial charge in [0.25, 0.3) is 5.91 Å². The topological polar surface area (TPSA) is 93.3 Å². The van der Waals surface area contributed by atoms with Crippen LogP contribution < -0.4 is 20.5 Å². The van der Waals surface area contributed by atoms with Gasteiger partial charge in [0, 0.05) is 5.54 Å². The minimum atomic E-state index is -0.668. The number of halogens is 1. The molecule has 8 heteroatoms. The van der Waals surface area contributed by atoms with Gasteiger partial charge in [-0.15, -0.1) is 0 Å². The Morgan fingerprint density at radius 1 is 1.19 bits per heavy atom. The van der Waals surface area contributed by atoms with Crippen LogP contribution in [-0.4, -0.2) is 28.0 Å². The molecule has 0 spiro atoms. The maximum atomic E-state index is 13.0. The van der Waals surface area contributed by atoms with E-state index < -0.39 is 11.5 Å². The Morgan fingerprint density at radius 2 is 1.87 bits per heavy atom. The SMILES string of the molecule is CC1CC2CC(C)CC(NC(=O)COc3cc(Oc4ccc(F)cc4)[nH]c(=O)n3)(C1)C2. The molecule has 1 aromatic carbocycles. The van der Waals surface area contributed by atoms with E-state index in [1.807, 2.05) is 0 Å². The third-order valence-electron chi connectivity index (χ3n) is 6.12. The molecule has 0 radical (unpaired) electrons. The van der Waals surface area contributed by atoms with Crippen LogP contribution in [0.25, 0.3) is 0 Å². The number of carbonyl (C=O) groups excluding carboxylic acids is 1. The van der Waals surface area contributed by atoms with Gasteiger partial charge in [-0.3, -0.25) is 9.78 Å². The molecule has 31 heavy (non-hydrogen) atoms. The number of amides is 1. The fraction of sp³-hybridized carbons (Fsp3) is 0.522. The molecule has 2 aliphatic carbocycles. The number of carbonyl (C=O) groups is 1. The molecule has 2 bridgehead atoms. The van der Waals surface area contributed by atoms with E-state index in [2.05, 4.69) is 29.1 Å². The highest BCUT2D eigenvalue weighted by Crippen LogP contribution is 2.47. The molecule has 2 N–H and O–H groups in total. The van der Waals surface area contributed by atoms with E-state index in [1.165, 1.54) is 43.2 Å². The summed E-state index contributed by atoms with van der Waals surface area (Å²) in [7, 11) is 0. The number of nitrogens with one attached hydrogen (secondary N) is 2. The quantitative estimate of drug-likeness (QED) is 0.729. The van der Waals surface area contributed by atoms with E-state index in [-0.39, 0.29) is 29.8 Å². The van der Waals surface area contributed by atoms with Crippen LogP contribution in [0, 0.1) is 23.6 Å². The van der Waals surface area contributed by atoms with Gasteiger partial charge >= 0.3 is 5.69 Å². The highest BCUT2D eigenvalue weighted by molar-refractivity contribution is 5.78. The van der Waals surface area contributed by atoms with E-state index in [1.54, 1.807) is 0 Å². The zero-order valence-electron chi connectivity index (χ0n) is 17.8. The maximum Gasteiger partial charge on any atom is 0.351 e. The van der Waals surface area contributed by atoms with Gasteiger partial charge < -0.3 is 14.8 Å². The van der Waals surface area contributed by atoms with Crippen molar-refractivity contribution in [3.8, 4) is 17.5 Å². The summed E-state index contributed by atoms with van der Waals surface area (Å²) >= 11 is 0. The van der Waals surface area contributed by atoms with E-state index in [0.717, 1.165) is 19.3 Å². The van der Waals surface area contributed by atoms with Crippen molar-refractivity contribution in [3.05, 3.63) is 46.6 Å². The fourth-order valence-electron chi connectivity index (χ4n) is 5.50. The molecular weight excluding hydrogens is 401 g/mol. The van der Waals surface area contributed by atoms with Crippen LogP contribution in [0.3, 0.4) is 0 Å². The summed E-state index contributed by atoms with van der Waals surface area (Å²) in [6.45, 7) is 4.27. The van der Waals surface area contributed by atoms with Crippen LogP contribution in [0.2, 0.25) is 0 Å². The lowest BCUT2D eigenvalue weighted by atomic mass is 9.61. The Bertz CT molecular complexity index is 972. The predicted octanol–water partition coefficient (Wildman–Crippen LogP) is 3.80. The number of H-pyrrole nitrogens is 1. The zero-order valence-corrected chi connectivity index (χ0v) is 17.8. The van der Waals surface area contributed by atoms with E-state index >= 15 is 0 Å². The first kappa shape index (κ1) is 21.3. The molecule has 2 aliphatic rings. The first-order valence-electron chi connectivity index (χ1n) is 10.8. The van der Waals surface area contributed by atoms with Crippen LogP contribution in [0.1, 0.15) is 46.0 Å². The van der Waals surface area contributed by atoms with Crippen LogP contribution in [0.4, 0.5) is 4.39 Å². The molecule has 4 rings (SSSR count). The zero-order chi connectivity index (χ0) is 22.0. The summed E-state index contributed by atoms with van der Waals surface area (Å²) in [5.41, 5.74) is -0.836. The van der Waals surface area contributed by atoms with Crippen molar-refractivity contribution in [3.63, 3.8) is 0 Å². The lowest BCUT2D eigenvalue weighted by molar-refractivity contribution is -0.127. The van der Waals surface area contributed by atoms with Crippen LogP contribution >= 0.6 is 0 Å². The Hall–Kier alpha value is -2.90. The second kappa shape index (κ2) is 8.69. The molecule has 7 nitrogen and oxygen atoms in total. The highest BCUT2D eigenvalue weighted by Gasteiger charge is 2.45. The molecule has 2 aromatic rings. The summed E-state index contributed by atoms with van der Waals surface area (Å²) in [5, 5.41) is 3.22. The van der Waals surface area contributed by atoms with E-state index in [0.29, 0.717) is 23.5 Å². The summed E-state index contributed by atoms with van der Waals surface area (Å²) < 4.78 is 24.0. The van der Waals surface area contributed by atoms with Crippen LogP contribution in [0.5, 0.6) is 17.5 Å². The van der Waals surface area contributed by atoms with E-state index in [9.17, 15) is 14.0 Å². The summed E-state index contributed by atoms with van der Waals surface area (Å²) in [6.07, 6.45) is 5.45. The van der Waals surface area contributed by atoms with Crippen molar-refractivity contribution in [2.24, 2.45) is 17.8 Å². The maximum absolute atomic E-state index is 13.0. The molecule has 1 aromatic heterocycles. The monoisotopic (exact) mass is 429 g/mol. The third-order valence-corrected chi connectivity index (χ3v) is 6.12. The number of nitrogens with zero attached hydrogens (tertiary/aromatic N) is 1. The van der Waals surface area contributed by atoms with Crippen molar-refractivity contribution in [1.29, 1.82) is 0 Å². The van der Waals surface area contributed by atoms with Gasteiger partial charge in [-0.05, 0) is 74.1 Å². The second-order valence-electron chi connectivity index (χ2n) is 9.22. The number of benzene rings is 1. The number of aromatic amines is 1. The Kier molecular flexibility index (Phi) is 5.98. The molecule has 0 aliphatic heterocycles. The minimum absolute atomic E-state index is 0.0135. The normalized spacial score (nSPS) is 27.4. The van der Waals surface area contributed by atoms with Gasteiger partial charge in [-0.2, -0.15) is 4.98 Å². The Balaban J connectivity index is 1.38. The molecule has 1 amide bonds. The minimum Gasteiger partial charge on any atom is -0.467 e. The summed E-state index contributed by atoms with van der Waals surface area (Å²) in [5.74, 6) is 1.65. The number of rotatable bonds is 6. The van der Waals surface area contributed by atoms with Crippen molar-refractivity contribution < 1.29 is 18.7 Å². The fourth-order valence-corrected chi connectivity index (χ4v) is 5.50. The Morgan fingerprint density at radius 3 is 2.55 bits per heavy atom. The first-order valence-corrected chi connectivity index (χ1v) is 10.8. The number of hydrogen-bond donors (Lipinski definition) is 2. The lowest BCUT2D eigenvalue weighted by Gasteiger charge is -2.50. The lowest BCUT2D eigenvalue weighted by Crippen LogP contribution is -2.57. The third kappa shape index (κ3) is 5.42. The molecule has 2 atom stereocenters. The average Bonchev–Trinajstić information content (AvgIpc) is 2.66. The second-order valence-corrected chi connectivity index (χ2v) is 9.22. The smallest absolute Gasteiger partial charge is 0.351 e. The number of aromatic nitrogens is 2. The molecular formula is C23H28FN3O4. The van der Waals surface area contributed by atoms with Crippen molar-refractivity contribution in [2.45, 2.75) is 51.5 Å². The highest BCUT2D eigenvalue weighted by atomic mass is 19.1. The molecule has 166 valence electrons. The predicted molar refractivity (Wildman–Crippen MR) is 113 cm³/mol. The summed E-state index contributed by atoms with van der Waals surface area (Å²) in [6, 6.07) is 6.75. The molecule has 2 fully saturated rings. The molecule has 0 saturated heterocycles. The Labute approximate surface area is 180 Å². The van der Waals surface area contributed by atoms with E-state index in [4.69, 9.17) is 9.47 Å². The average molecular weight is 429 g/mol. The standard InChI is InChI=1S/C23H28FN3O4/c1-14-7-16-8-15(2)11-23(10-14,12-16)27-19(28)13-30-20-9-21(26-22(29)25-20)31-18-5-3-17(24)4-6-18/h3-6,9,14-16H,7-8,10-13H2,1-2H3,(H,27,28)(H,25,26,29). The number of fused-ring (bicyclic) bond motifs is 2. The van der Waals surface area contributed by atoms with Crippen LogP contribution in [0.15, 0.2) is 35.1 Å². The number of ether oxygens (including phenoxy) is 2. The molecule has 2 saturated carbocycles. The largest absolute Gasteiger partial charge is 0.467 e. The van der Waals surface area contributed by atoms with Gasteiger partial charge in [-0.1, -0.05) is 13.8 Å². The molecule has 2 unspecified atom stereocenters. The van der Waals surface area contributed by atoms with Crippen molar-refractivity contribution in [1.82, 2.24) is 15.3 Å². The first-order chi connectivity index (χ1) is 14.8. The van der Waals surface area contributed by atoms with Gasteiger partial charge in [0.1, 0.15) is 11.6 Å².